The van der Waals surface area contributed by atoms with Gasteiger partial charge < -0.3 is 9.64 Å². The lowest BCUT2D eigenvalue weighted by Gasteiger charge is -2.22. The number of thiazole rings is 1. The van der Waals surface area contributed by atoms with Gasteiger partial charge in [0.05, 0.1) is 5.69 Å². The van der Waals surface area contributed by atoms with E-state index in [4.69, 9.17) is 9.72 Å². The van der Waals surface area contributed by atoms with E-state index in [0.29, 0.717) is 12.2 Å². The van der Waals surface area contributed by atoms with E-state index >= 15 is 0 Å². The smallest absolute Gasteiger partial charge is 0.185 e. The maximum Gasteiger partial charge on any atom is 0.185 e. The fraction of sp³-hybridized carbons (Fsp3) is 0.290. The quantitative estimate of drug-likeness (QED) is 0.221. The van der Waals surface area contributed by atoms with Gasteiger partial charge in [-0.2, -0.15) is 0 Å². The topological polar surface area (TPSA) is 42.4 Å². The van der Waals surface area contributed by atoms with Crippen LogP contribution in [0.2, 0.25) is 0 Å². The summed E-state index contributed by atoms with van der Waals surface area (Å²) in [7, 11) is 2.04. The number of carbonyl (C=O) groups is 1. The Labute approximate surface area is 217 Å². The summed E-state index contributed by atoms with van der Waals surface area (Å²) in [5.41, 5.74) is 6.49. The molecule has 0 unspecified atom stereocenters. The summed E-state index contributed by atoms with van der Waals surface area (Å²) in [5.74, 6) is 1.58. The minimum absolute atomic E-state index is 0.558. The largest absolute Gasteiger partial charge is 0.489 e. The molecular weight excluding hydrogens is 464 g/mol. The van der Waals surface area contributed by atoms with Crippen molar-refractivity contribution in [2.45, 2.75) is 51.2 Å². The number of nitrogens with zero attached hydrogens (tertiary/aromatic N) is 2. The molecule has 0 aliphatic heterocycles. The van der Waals surface area contributed by atoms with Crippen LogP contribution in [0.25, 0.3) is 11.3 Å². The van der Waals surface area contributed by atoms with E-state index in [2.05, 4.69) is 46.7 Å². The fourth-order valence-electron chi connectivity index (χ4n) is 4.85. The second-order valence-corrected chi connectivity index (χ2v) is 10.5. The molecule has 1 aromatic heterocycles. The monoisotopic (exact) mass is 496 g/mol. The van der Waals surface area contributed by atoms with Crippen molar-refractivity contribution in [3.63, 3.8) is 0 Å². The Kier molecular flexibility index (Phi) is 7.77. The van der Waals surface area contributed by atoms with Crippen molar-refractivity contribution < 1.29 is 9.53 Å². The number of hydrogen-bond donors (Lipinski definition) is 0. The van der Waals surface area contributed by atoms with Crippen molar-refractivity contribution in [3.8, 4) is 17.0 Å². The van der Waals surface area contributed by atoms with Crippen LogP contribution in [0.3, 0.4) is 0 Å². The predicted octanol–water partition coefficient (Wildman–Crippen LogP) is 7.89. The zero-order valence-electron chi connectivity index (χ0n) is 20.7. The number of ether oxygens (including phenoxy) is 1. The predicted molar refractivity (Wildman–Crippen MR) is 148 cm³/mol. The molecule has 1 fully saturated rings. The highest BCUT2D eigenvalue weighted by atomic mass is 32.1. The first-order chi connectivity index (χ1) is 17.7. The summed E-state index contributed by atoms with van der Waals surface area (Å²) in [4.78, 5) is 17.9. The Hall–Kier alpha value is -3.44. The number of hydrogen-bond acceptors (Lipinski definition) is 5. The van der Waals surface area contributed by atoms with Gasteiger partial charge in [-0.25, -0.2) is 4.98 Å². The Bertz CT molecular complexity index is 1270. The van der Waals surface area contributed by atoms with Crippen molar-refractivity contribution in [1.82, 2.24) is 4.98 Å². The molecule has 4 aromatic rings. The summed E-state index contributed by atoms with van der Waals surface area (Å²) in [6.45, 7) is 1.29. The van der Waals surface area contributed by atoms with Gasteiger partial charge in [-0.05, 0) is 47.6 Å². The molecule has 4 nitrogen and oxygen atoms in total. The first-order valence-electron chi connectivity index (χ1n) is 12.7. The van der Waals surface area contributed by atoms with Crippen LogP contribution in [0.5, 0.6) is 5.75 Å². The normalized spacial score (nSPS) is 13.9. The molecule has 0 bridgehead atoms. The van der Waals surface area contributed by atoms with E-state index in [1.54, 1.807) is 11.3 Å². The second-order valence-electron chi connectivity index (χ2n) is 9.62. The molecule has 0 saturated heterocycles. The van der Waals surface area contributed by atoms with E-state index in [0.717, 1.165) is 46.5 Å². The molecule has 0 N–H and O–H groups in total. The summed E-state index contributed by atoms with van der Waals surface area (Å²) < 4.78 is 6.13. The van der Waals surface area contributed by atoms with Gasteiger partial charge in [0.25, 0.3) is 0 Å². The van der Waals surface area contributed by atoms with Crippen LogP contribution < -0.4 is 9.64 Å². The third-order valence-electron chi connectivity index (χ3n) is 6.95. The summed E-state index contributed by atoms with van der Waals surface area (Å²) in [6, 6.07) is 24.8. The number of aldehydes is 1. The van der Waals surface area contributed by atoms with Gasteiger partial charge in [-0.3, -0.25) is 4.79 Å². The molecule has 1 heterocycles. The van der Waals surface area contributed by atoms with Crippen LogP contribution >= 0.6 is 11.3 Å². The Morgan fingerprint density at radius 1 is 0.972 bits per heavy atom. The number of aromatic nitrogens is 1. The van der Waals surface area contributed by atoms with Crippen LogP contribution in [0, 0.1) is 0 Å². The number of benzene rings is 3. The number of carbonyl (C=O) groups excluding carboxylic acids is 1. The van der Waals surface area contributed by atoms with Crippen LogP contribution in [-0.2, 0) is 13.2 Å². The Balaban J connectivity index is 1.19. The van der Waals surface area contributed by atoms with Gasteiger partial charge in [0.2, 0.25) is 0 Å². The highest BCUT2D eigenvalue weighted by Gasteiger charge is 2.15. The molecular formula is C31H32N2O2S. The van der Waals surface area contributed by atoms with Gasteiger partial charge in [0.15, 0.2) is 5.13 Å². The van der Waals surface area contributed by atoms with Gasteiger partial charge in [-0.1, -0.05) is 79.9 Å². The van der Waals surface area contributed by atoms with Crippen molar-refractivity contribution in [2.24, 2.45) is 0 Å². The first-order valence-corrected chi connectivity index (χ1v) is 13.6. The van der Waals surface area contributed by atoms with Crippen LogP contribution in [0.15, 0.2) is 78.2 Å². The molecule has 3 aromatic carbocycles. The lowest BCUT2D eigenvalue weighted by molar-refractivity contribution is 0.112. The maximum atomic E-state index is 10.9. The standard InChI is InChI=1S/C31H32N2O2S/c1-33(19-23-10-12-24(20-34)13-11-23)31-32-30(22-36-31)28-8-5-9-29(18-28)35-21-25-14-16-27(17-15-25)26-6-3-2-4-7-26/h5,8-18,20,22,26H,2-4,6-7,19,21H2,1H3. The maximum absolute atomic E-state index is 10.9. The van der Waals surface area contributed by atoms with Gasteiger partial charge >= 0.3 is 0 Å². The van der Waals surface area contributed by atoms with Gasteiger partial charge in [0.1, 0.15) is 18.6 Å². The first kappa shape index (κ1) is 24.3. The van der Waals surface area contributed by atoms with E-state index in [9.17, 15) is 4.79 Å². The van der Waals surface area contributed by atoms with Gasteiger partial charge in [0, 0.05) is 30.1 Å². The number of anilines is 1. The van der Waals surface area contributed by atoms with Crippen molar-refractivity contribution in [1.29, 1.82) is 0 Å². The second kappa shape index (κ2) is 11.5. The highest BCUT2D eigenvalue weighted by molar-refractivity contribution is 7.14. The SMILES string of the molecule is CN(Cc1ccc(C=O)cc1)c1nc(-c2cccc(OCc3ccc(C4CCCCC4)cc3)c2)cs1. The fourth-order valence-corrected chi connectivity index (χ4v) is 5.65. The summed E-state index contributed by atoms with van der Waals surface area (Å²) in [5, 5.41) is 3.04. The molecule has 1 aliphatic rings. The van der Waals surface area contributed by atoms with Crippen LogP contribution in [0.4, 0.5) is 5.13 Å². The minimum Gasteiger partial charge on any atom is -0.489 e. The average molecular weight is 497 g/mol. The van der Waals surface area contributed by atoms with Crippen molar-refractivity contribution >= 4 is 22.8 Å². The lowest BCUT2D eigenvalue weighted by atomic mass is 9.84. The molecule has 1 saturated carbocycles. The van der Waals surface area contributed by atoms with Crippen molar-refractivity contribution in [3.05, 3.63) is 100 Å². The van der Waals surface area contributed by atoms with Gasteiger partial charge in [-0.15, -0.1) is 11.3 Å². The van der Waals surface area contributed by atoms with E-state index in [1.165, 1.54) is 43.2 Å². The zero-order chi connectivity index (χ0) is 24.7. The van der Waals surface area contributed by atoms with E-state index in [-0.39, 0.29) is 0 Å². The molecule has 5 heteroatoms. The molecule has 0 atom stereocenters. The summed E-state index contributed by atoms with van der Waals surface area (Å²) in [6.07, 6.45) is 7.62. The Morgan fingerprint density at radius 3 is 2.47 bits per heavy atom. The molecule has 0 spiro atoms. The average Bonchev–Trinajstić information content (AvgIpc) is 3.44. The van der Waals surface area contributed by atoms with Crippen LogP contribution in [0.1, 0.15) is 65.1 Å². The molecule has 1 aliphatic carbocycles. The number of rotatable bonds is 9. The zero-order valence-corrected chi connectivity index (χ0v) is 21.5. The molecule has 0 radical (unpaired) electrons. The third-order valence-corrected chi connectivity index (χ3v) is 7.90. The van der Waals surface area contributed by atoms with Crippen molar-refractivity contribution in [2.75, 3.05) is 11.9 Å². The molecule has 5 rings (SSSR count). The molecule has 184 valence electrons. The van der Waals surface area contributed by atoms with E-state index < -0.39 is 0 Å². The van der Waals surface area contributed by atoms with E-state index in [1.807, 2.05) is 43.4 Å². The third kappa shape index (κ3) is 6.03. The lowest BCUT2D eigenvalue weighted by Crippen LogP contribution is -2.16. The molecule has 0 amide bonds. The molecule has 36 heavy (non-hydrogen) atoms. The van der Waals surface area contributed by atoms with Crippen LogP contribution in [-0.4, -0.2) is 18.3 Å². The minimum atomic E-state index is 0.558. The Morgan fingerprint density at radius 2 is 1.72 bits per heavy atom. The summed E-state index contributed by atoms with van der Waals surface area (Å²) >= 11 is 1.63. The highest BCUT2D eigenvalue weighted by Crippen LogP contribution is 2.33.